The Bertz CT molecular complexity index is 585. The number of ether oxygens (including phenoxy) is 1. The van der Waals surface area contributed by atoms with Crippen molar-refractivity contribution in [1.82, 2.24) is 0 Å². The average Bonchev–Trinajstić information content (AvgIpc) is 2.45. The maximum atomic E-state index is 13.5. The van der Waals surface area contributed by atoms with Crippen molar-refractivity contribution in [3.05, 3.63) is 33.4 Å². The van der Waals surface area contributed by atoms with Crippen LogP contribution in [-0.2, 0) is 4.79 Å². The fraction of sp³-hybridized carbons (Fsp3) is 0.357. The Labute approximate surface area is 124 Å². The summed E-state index contributed by atoms with van der Waals surface area (Å²) >= 11 is 6.09. The molecule has 0 amide bonds. The quantitative estimate of drug-likeness (QED) is 0.878. The summed E-state index contributed by atoms with van der Waals surface area (Å²) in [6.45, 7) is 4.99. The lowest BCUT2D eigenvalue weighted by Gasteiger charge is -2.28. The number of carboxylic acid groups (broad SMARTS) is 1. The molecule has 1 aromatic carbocycles. The largest absolute Gasteiger partial charge is 0.480 e. The summed E-state index contributed by atoms with van der Waals surface area (Å²) in [6.07, 6.45) is -1.12. The molecule has 2 atom stereocenters. The highest BCUT2D eigenvalue weighted by Gasteiger charge is 2.34. The van der Waals surface area contributed by atoms with Gasteiger partial charge in [0.1, 0.15) is 11.9 Å². The summed E-state index contributed by atoms with van der Waals surface area (Å²) in [4.78, 5) is 11.2. The van der Waals surface area contributed by atoms with E-state index < -0.39 is 18.2 Å². The van der Waals surface area contributed by atoms with Crippen molar-refractivity contribution >= 4 is 23.6 Å². The van der Waals surface area contributed by atoms with Crippen LogP contribution >= 0.6 is 11.6 Å². The van der Waals surface area contributed by atoms with Gasteiger partial charge in [-0.1, -0.05) is 11.6 Å². The topological polar surface area (TPSA) is 46.5 Å². The molecule has 0 saturated heterocycles. The van der Waals surface area contributed by atoms with Crippen LogP contribution in [0.1, 0.15) is 23.6 Å². The van der Waals surface area contributed by atoms with Crippen LogP contribution in [0.4, 0.5) is 13.5 Å². The summed E-state index contributed by atoms with van der Waals surface area (Å²) in [6, 6.07) is 1.73. The molecule has 2 rings (SSSR count). The summed E-state index contributed by atoms with van der Waals surface area (Å²) in [5, 5.41) is 9.53. The van der Waals surface area contributed by atoms with Crippen molar-refractivity contribution in [2.75, 3.05) is 0 Å². The van der Waals surface area contributed by atoms with Crippen LogP contribution in [0.25, 0.3) is 6.08 Å². The lowest BCUT2D eigenvalue weighted by Crippen LogP contribution is -2.34. The van der Waals surface area contributed by atoms with Crippen LogP contribution in [0.2, 0.25) is 5.02 Å². The second-order valence-electron chi connectivity index (χ2n) is 4.66. The Morgan fingerprint density at radius 1 is 1.43 bits per heavy atom. The molecular weight excluding hydrogens is 309 g/mol. The fourth-order valence-electron chi connectivity index (χ4n) is 2.12. The smallest absolute Gasteiger partial charge is 0.335 e. The van der Waals surface area contributed by atoms with Crippen LogP contribution in [-0.4, -0.2) is 23.4 Å². The second-order valence-corrected chi connectivity index (χ2v) is 5.07. The number of aliphatic carboxylic acids is 1. The minimum Gasteiger partial charge on any atom is -0.480 e. The number of carbonyl (C=O) groups is 1. The zero-order valence-corrected chi connectivity index (χ0v) is 12.3. The first-order valence-electron chi connectivity index (χ1n) is 6.02. The van der Waals surface area contributed by atoms with E-state index in [1.54, 1.807) is 6.07 Å². The van der Waals surface area contributed by atoms with Gasteiger partial charge in [-0.25, -0.2) is 9.18 Å². The molecule has 0 fully saturated rings. The van der Waals surface area contributed by atoms with Gasteiger partial charge >= 0.3 is 5.97 Å². The summed E-state index contributed by atoms with van der Waals surface area (Å²) in [5.74, 6) is -0.832. The molecule has 1 N–H and O–H groups in total. The Hall–Kier alpha value is -1.69. The molecule has 0 spiro atoms. The number of hydrogen-bond acceptors (Lipinski definition) is 2. The van der Waals surface area contributed by atoms with Gasteiger partial charge < -0.3 is 9.84 Å². The zero-order chi connectivity index (χ0) is 16.3. The molecule has 21 heavy (non-hydrogen) atoms. The number of halogens is 4. The average molecular weight is 323 g/mol. The van der Waals surface area contributed by atoms with Crippen molar-refractivity contribution < 1.29 is 28.2 Å². The summed E-state index contributed by atoms with van der Waals surface area (Å²) < 4.78 is 35.0. The van der Waals surface area contributed by atoms with E-state index in [0.29, 0.717) is 16.3 Å². The Balaban J connectivity index is 0.00000106. The van der Waals surface area contributed by atoms with Gasteiger partial charge in [0, 0.05) is 14.7 Å². The predicted octanol–water partition coefficient (Wildman–Crippen LogP) is 4.38. The molecule has 1 aliphatic heterocycles. The molecular formula is C14H14ClF3O3. The number of aryl methyl sites for hydroxylation is 1. The summed E-state index contributed by atoms with van der Waals surface area (Å²) in [5.41, 5.74) is 2.33. The third-order valence-electron chi connectivity index (χ3n) is 3.32. The van der Waals surface area contributed by atoms with E-state index in [9.17, 15) is 9.18 Å². The van der Waals surface area contributed by atoms with E-state index in [-0.39, 0.29) is 5.57 Å². The van der Waals surface area contributed by atoms with Crippen molar-refractivity contribution in [3.8, 4) is 5.75 Å². The summed E-state index contributed by atoms with van der Waals surface area (Å²) in [7, 11) is 0. The Morgan fingerprint density at radius 2 is 2.00 bits per heavy atom. The maximum Gasteiger partial charge on any atom is 0.335 e. The van der Waals surface area contributed by atoms with E-state index in [1.807, 2.05) is 13.8 Å². The Kier molecular flexibility index (Phi) is 5.66. The van der Waals surface area contributed by atoms with Gasteiger partial charge in [0.15, 0.2) is 6.10 Å². The monoisotopic (exact) mass is 322 g/mol. The lowest BCUT2D eigenvalue weighted by molar-refractivity contribution is -0.133. The number of alkyl halides is 1. The van der Waals surface area contributed by atoms with E-state index in [2.05, 4.69) is 0 Å². The minimum absolute atomic E-state index is 0.0905. The van der Waals surface area contributed by atoms with E-state index in [4.69, 9.17) is 30.6 Å². The van der Waals surface area contributed by atoms with E-state index >= 15 is 0 Å². The molecule has 1 aliphatic rings. The standard InChI is InChI=1S/C14H14ClFO3.F2/c1-6-4-11(15)13-9(7(6)2)5-10(14(17)18)12(19-13)8(3)16;1-2/h4-5,8,12H,1-3H3,(H,17,18);. The normalized spacial score (nSPS) is 17.7. The van der Waals surface area contributed by atoms with Crippen LogP contribution in [0.15, 0.2) is 11.6 Å². The lowest BCUT2D eigenvalue weighted by atomic mass is 9.94. The molecule has 0 radical (unpaired) electrons. The third-order valence-corrected chi connectivity index (χ3v) is 3.60. The molecule has 1 heterocycles. The van der Waals surface area contributed by atoms with Crippen LogP contribution in [0, 0.1) is 13.8 Å². The van der Waals surface area contributed by atoms with Crippen LogP contribution < -0.4 is 4.74 Å². The van der Waals surface area contributed by atoms with Gasteiger partial charge in [-0.15, -0.1) is 0 Å². The van der Waals surface area contributed by atoms with Gasteiger partial charge in [0.25, 0.3) is 0 Å². The van der Waals surface area contributed by atoms with Crippen molar-refractivity contribution in [2.45, 2.75) is 33.0 Å². The minimum atomic E-state index is -1.44. The number of carboxylic acids is 1. The first-order valence-corrected chi connectivity index (χ1v) is 6.40. The first-order chi connectivity index (χ1) is 9.82. The zero-order valence-electron chi connectivity index (χ0n) is 11.6. The third kappa shape index (κ3) is 3.32. The van der Waals surface area contributed by atoms with E-state index in [0.717, 1.165) is 11.1 Å². The highest BCUT2D eigenvalue weighted by Crippen LogP contribution is 2.40. The molecule has 3 nitrogen and oxygen atoms in total. The predicted molar refractivity (Wildman–Crippen MR) is 73.7 cm³/mol. The first kappa shape index (κ1) is 17.4. The maximum absolute atomic E-state index is 13.5. The molecule has 116 valence electrons. The second kappa shape index (κ2) is 6.85. The van der Waals surface area contributed by atoms with Gasteiger partial charge in [-0.05, 0) is 44.0 Å². The molecule has 1 aromatic rings. The van der Waals surface area contributed by atoms with Gasteiger partial charge in [-0.3, -0.25) is 0 Å². The van der Waals surface area contributed by atoms with Gasteiger partial charge in [0.05, 0.1) is 10.6 Å². The number of rotatable bonds is 2. The molecule has 0 saturated carbocycles. The van der Waals surface area contributed by atoms with Crippen LogP contribution in [0.5, 0.6) is 5.75 Å². The molecule has 0 bridgehead atoms. The fourth-order valence-corrected chi connectivity index (χ4v) is 2.43. The van der Waals surface area contributed by atoms with Crippen molar-refractivity contribution in [3.63, 3.8) is 0 Å². The SMILES string of the molecule is Cc1cc(Cl)c2c(c1C)C=C(C(=O)O)C(C(C)F)O2.FF. The van der Waals surface area contributed by atoms with Crippen LogP contribution in [0.3, 0.4) is 0 Å². The van der Waals surface area contributed by atoms with Crippen molar-refractivity contribution in [2.24, 2.45) is 0 Å². The molecule has 2 unspecified atom stereocenters. The number of benzene rings is 1. The highest BCUT2D eigenvalue weighted by atomic mass is 35.5. The van der Waals surface area contributed by atoms with E-state index in [1.165, 1.54) is 13.0 Å². The number of fused-ring (bicyclic) bond motifs is 1. The molecule has 0 aliphatic carbocycles. The molecule has 0 aromatic heterocycles. The molecule has 7 heteroatoms. The van der Waals surface area contributed by atoms with Gasteiger partial charge in [-0.2, -0.15) is 0 Å². The van der Waals surface area contributed by atoms with Gasteiger partial charge in [0.2, 0.25) is 0 Å². The highest BCUT2D eigenvalue weighted by molar-refractivity contribution is 6.32. The van der Waals surface area contributed by atoms with Crippen molar-refractivity contribution in [1.29, 1.82) is 0 Å². The number of hydrogen-bond donors (Lipinski definition) is 1. The Morgan fingerprint density at radius 3 is 2.48 bits per heavy atom.